The number of esters is 1. The Morgan fingerprint density at radius 1 is 1.21 bits per heavy atom. The second kappa shape index (κ2) is 8.83. The number of ether oxygens (including phenoxy) is 2. The van der Waals surface area contributed by atoms with E-state index in [2.05, 4.69) is 15.5 Å². The van der Waals surface area contributed by atoms with Crippen LogP contribution in [0.25, 0.3) is 5.69 Å². The Morgan fingerprint density at radius 3 is 2.79 bits per heavy atom. The lowest BCUT2D eigenvalue weighted by Crippen LogP contribution is -2.09. The number of benzene rings is 2. The standard InChI is InChI=1S/C19H19FN4O3S/c1-12-4-5-13(2)16(8-12)24-19(21-22-23-24)28-11-18(25)27-10-14-6-7-17(26-3)15(20)9-14/h4-9H,10-11H2,1-3H3. The SMILES string of the molecule is COc1ccc(COC(=O)CSc2nnnn2-c2cc(C)ccc2C)cc1F. The Labute approximate surface area is 165 Å². The van der Waals surface area contributed by atoms with Crippen LogP contribution in [-0.2, 0) is 16.1 Å². The molecule has 0 aliphatic rings. The average molecular weight is 402 g/mol. The smallest absolute Gasteiger partial charge is 0.316 e. The van der Waals surface area contributed by atoms with Gasteiger partial charge in [-0.15, -0.1) is 5.10 Å². The summed E-state index contributed by atoms with van der Waals surface area (Å²) in [7, 11) is 1.39. The monoisotopic (exact) mass is 402 g/mol. The molecule has 0 N–H and O–H groups in total. The average Bonchev–Trinajstić information content (AvgIpc) is 3.15. The van der Waals surface area contributed by atoms with E-state index in [0.717, 1.165) is 16.8 Å². The van der Waals surface area contributed by atoms with E-state index >= 15 is 0 Å². The summed E-state index contributed by atoms with van der Waals surface area (Å²) in [4.78, 5) is 12.0. The lowest BCUT2D eigenvalue weighted by atomic mass is 10.1. The van der Waals surface area contributed by atoms with Crippen LogP contribution < -0.4 is 4.74 Å². The Bertz CT molecular complexity index is 993. The maximum Gasteiger partial charge on any atom is 0.316 e. The van der Waals surface area contributed by atoms with Crippen molar-refractivity contribution in [3.8, 4) is 11.4 Å². The maximum absolute atomic E-state index is 13.7. The van der Waals surface area contributed by atoms with Gasteiger partial charge in [0, 0.05) is 0 Å². The third-order valence-corrected chi connectivity index (χ3v) is 4.86. The number of hydrogen-bond acceptors (Lipinski definition) is 7. The fourth-order valence-electron chi connectivity index (χ4n) is 2.50. The summed E-state index contributed by atoms with van der Waals surface area (Å²) in [6.45, 7) is 3.93. The molecular weight excluding hydrogens is 383 g/mol. The van der Waals surface area contributed by atoms with Crippen LogP contribution in [0.15, 0.2) is 41.6 Å². The van der Waals surface area contributed by atoms with Crippen molar-refractivity contribution in [1.82, 2.24) is 20.2 Å². The Hall–Kier alpha value is -2.94. The van der Waals surface area contributed by atoms with E-state index in [0.29, 0.717) is 10.7 Å². The molecule has 0 unspecified atom stereocenters. The van der Waals surface area contributed by atoms with Crippen LogP contribution in [0.2, 0.25) is 0 Å². The van der Waals surface area contributed by atoms with E-state index in [-0.39, 0.29) is 18.1 Å². The van der Waals surface area contributed by atoms with Gasteiger partial charge in [0.2, 0.25) is 5.16 Å². The molecule has 0 radical (unpaired) electrons. The number of carbonyl (C=O) groups is 1. The van der Waals surface area contributed by atoms with Gasteiger partial charge in [-0.1, -0.05) is 30.0 Å². The second-order valence-electron chi connectivity index (χ2n) is 6.08. The number of rotatable bonds is 7. The molecule has 28 heavy (non-hydrogen) atoms. The lowest BCUT2D eigenvalue weighted by Gasteiger charge is -2.09. The molecule has 0 aliphatic heterocycles. The van der Waals surface area contributed by atoms with Crippen LogP contribution in [0, 0.1) is 19.7 Å². The van der Waals surface area contributed by atoms with Crippen molar-refractivity contribution in [2.75, 3.05) is 12.9 Å². The molecule has 0 amide bonds. The Balaban J connectivity index is 1.59. The first-order valence-corrected chi connectivity index (χ1v) is 9.43. The first kappa shape index (κ1) is 19.8. The molecule has 9 heteroatoms. The fourth-order valence-corrected chi connectivity index (χ4v) is 3.18. The first-order chi connectivity index (χ1) is 13.5. The third kappa shape index (κ3) is 4.66. The van der Waals surface area contributed by atoms with Gasteiger partial charge in [-0.25, -0.2) is 4.39 Å². The normalized spacial score (nSPS) is 10.7. The van der Waals surface area contributed by atoms with E-state index in [4.69, 9.17) is 9.47 Å². The Morgan fingerprint density at radius 2 is 2.04 bits per heavy atom. The van der Waals surface area contributed by atoms with Crippen molar-refractivity contribution in [1.29, 1.82) is 0 Å². The molecule has 7 nitrogen and oxygen atoms in total. The molecule has 3 rings (SSSR count). The zero-order valence-corrected chi connectivity index (χ0v) is 16.5. The van der Waals surface area contributed by atoms with Crippen molar-refractivity contribution < 1.29 is 18.7 Å². The first-order valence-electron chi connectivity index (χ1n) is 8.45. The molecule has 1 aromatic heterocycles. The van der Waals surface area contributed by atoms with Gasteiger partial charge in [0.25, 0.3) is 0 Å². The summed E-state index contributed by atoms with van der Waals surface area (Å²) >= 11 is 1.17. The largest absolute Gasteiger partial charge is 0.494 e. The van der Waals surface area contributed by atoms with Crippen molar-refractivity contribution in [2.45, 2.75) is 25.6 Å². The fraction of sp³-hybridized carbons (Fsp3) is 0.263. The summed E-state index contributed by atoms with van der Waals surface area (Å²) in [6, 6.07) is 10.4. The van der Waals surface area contributed by atoms with Crippen molar-refractivity contribution >= 4 is 17.7 Å². The zero-order valence-electron chi connectivity index (χ0n) is 15.7. The highest BCUT2D eigenvalue weighted by Crippen LogP contribution is 2.22. The number of nitrogens with zero attached hydrogens (tertiary/aromatic N) is 4. The summed E-state index contributed by atoms with van der Waals surface area (Å²) in [5, 5.41) is 12.2. The van der Waals surface area contributed by atoms with Gasteiger partial charge in [-0.3, -0.25) is 4.79 Å². The summed E-state index contributed by atoms with van der Waals surface area (Å²) in [5.74, 6) is -0.775. The van der Waals surface area contributed by atoms with E-state index in [9.17, 15) is 9.18 Å². The molecule has 3 aromatic rings. The maximum atomic E-state index is 13.7. The van der Waals surface area contributed by atoms with Crippen LogP contribution in [0.4, 0.5) is 4.39 Å². The molecule has 146 valence electrons. The molecule has 0 aliphatic carbocycles. The molecule has 1 heterocycles. The van der Waals surface area contributed by atoms with Crippen molar-refractivity contribution in [3.63, 3.8) is 0 Å². The number of aromatic nitrogens is 4. The van der Waals surface area contributed by atoms with Crippen LogP contribution in [0.5, 0.6) is 5.75 Å². The highest BCUT2D eigenvalue weighted by molar-refractivity contribution is 7.99. The highest BCUT2D eigenvalue weighted by atomic mass is 32.2. The minimum absolute atomic E-state index is 0.0256. The number of aryl methyl sites for hydroxylation is 2. The van der Waals surface area contributed by atoms with E-state index in [1.807, 2.05) is 32.0 Å². The number of carbonyl (C=O) groups excluding carboxylic acids is 1. The number of hydrogen-bond donors (Lipinski definition) is 0. The predicted octanol–water partition coefficient (Wildman–Crippen LogP) is 3.26. The third-order valence-electron chi connectivity index (χ3n) is 3.97. The second-order valence-corrected chi connectivity index (χ2v) is 7.02. The van der Waals surface area contributed by atoms with E-state index < -0.39 is 11.8 Å². The molecule has 0 atom stereocenters. The molecule has 0 spiro atoms. The Kier molecular flexibility index (Phi) is 6.25. The van der Waals surface area contributed by atoms with E-state index in [1.54, 1.807) is 10.7 Å². The summed E-state index contributed by atoms with van der Waals surface area (Å²) in [5.41, 5.74) is 3.49. The lowest BCUT2D eigenvalue weighted by molar-refractivity contribution is -0.141. The minimum Gasteiger partial charge on any atom is -0.494 e. The number of thioether (sulfide) groups is 1. The van der Waals surface area contributed by atoms with Gasteiger partial charge < -0.3 is 9.47 Å². The van der Waals surface area contributed by atoms with Gasteiger partial charge in [-0.05, 0) is 59.2 Å². The van der Waals surface area contributed by atoms with Crippen LogP contribution in [-0.4, -0.2) is 39.0 Å². The van der Waals surface area contributed by atoms with Gasteiger partial charge in [0.1, 0.15) is 6.61 Å². The van der Waals surface area contributed by atoms with Crippen molar-refractivity contribution in [2.24, 2.45) is 0 Å². The molecule has 0 saturated carbocycles. The highest BCUT2D eigenvalue weighted by Gasteiger charge is 2.14. The minimum atomic E-state index is -0.502. The summed E-state index contributed by atoms with van der Waals surface area (Å²) < 4.78 is 25.3. The van der Waals surface area contributed by atoms with Crippen molar-refractivity contribution in [3.05, 3.63) is 58.9 Å². The van der Waals surface area contributed by atoms with Crippen LogP contribution in [0.1, 0.15) is 16.7 Å². The number of methoxy groups -OCH3 is 1. The topological polar surface area (TPSA) is 79.1 Å². The molecule has 0 fully saturated rings. The number of tetrazole rings is 1. The van der Waals surface area contributed by atoms with E-state index in [1.165, 1.54) is 31.0 Å². The molecule has 0 bridgehead atoms. The van der Waals surface area contributed by atoms with Gasteiger partial charge in [-0.2, -0.15) is 4.68 Å². The molecule has 2 aromatic carbocycles. The molecule has 0 saturated heterocycles. The van der Waals surface area contributed by atoms with Gasteiger partial charge in [0.15, 0.2) is 11.6 Å². The predicted molar refractivity (Wildman–Crippen MR) is 102 cm³/mol. The number of halogens is 1. The summed E-state index contributed by atoms with van der Waals surface area (Å²) in [6.07, 6.45) is 0. The molecular formula is C19H19FN4O3S. The quantitative estimate of drug-likeness (QED) is 0.443. The van der Waals surface area contributed by atoms with Crippen LogP contribution >= 0.6 is 11.8 Å². The van der Waals surface area contributed by atoms with Crippen LogP contribution in [0.3, 0.4) is 0 Å². The van der Waals surface area contributed by atoms with Gasteiger partial charge in [0.05, 0.1) is 18.6 Å². The zero-order chi connectivity index (χ0) is 20.1. The van der Waals surface area contributed by atoms with Gasteiger partial charge >= 0.3 is 5.97 Å².